The lowest BCUT2D eigenvalue weighted by molar-refractivity contribution is -0.144. The van der Waals surface area contributed by atoms with Crippen molar-refractivity contribution in [2.24, 2.45) is 0 Å². The molecule has 0 radical (unpaired) electrons. The quantitative estimate of drug-likeness (QED) is 0.781. The van der Waals surface area contributed by atoms with Crippen molar-refractivity contribution >= 4 is 17.7 Å². The third kappa shape index (κ3) is 3.47. The Bertz CT molecular complexity index is 874. The van der Waals surface area contributed by atoms with Crippen molar-refractivity contribution in [2.45, 2.75) is 32.7 Å². The monoisotopic (exact) mass is 373 g/mol. The lowest BCUT2D eigenvalue weighted by Gasteiger charge is -2.26. The smallest absolute Gasteiger partial charge is 0.327 e. The number of para-hydroxylation sites is 1. The maximum atomic E-state index is 12.4. The summed E-state index contributed by atoms with van der Waals surface area (Å²) in [5, 5.41) is 7.30. The summed E-state index contributed by atoms with van der Waals surface area (Å²) < 4.78 is 17.4. The number of carbonyl (C=O) groups is 2. The predicted molar refractivity (Wildman–Crippen MR) is 98.2 cm³/mol. The Balaban J connectivity index is 2.09. The van der Waals surface area contributed by atoms with Gasteiger partial charge in [-0.25, -0.2) is 4.68 Å². The van der Waals surface area contributed by atoms with Crippen molar-refractivity contribution < 1.29 is 23.8 Å². The van der Waals surface area contributed by atoms with Crippen molar-refractivity contribution in [3.63, 3.8) is 0 Å². The SMILES string of the molecule is CCOC(=O)Cn1nc(C)c2c1NC(=O)C[C@@H]2c1cccc(OC)c1OC. The summed E-state index contributed by atoms with van der Waals surface area (Å²) in [6.45, 7) is 3.83. The van der Waals surface area contributed by atoms with Gasteiger partial charge >= 0.3 is 5.97 Å². The topological polar surface area (TPSA) is 91.7 Å². The maximum Gasteiger partial charge on any atom is 0.327 e. The van der Waals surface area contributed by atoms with Crippen molar-refractivity contribution in [3.8, 4) is 11.5 Å². The lowest BCUT2D eigenvalue weighted by atomic mass is 9.85. The second kappa shape index (κ2) is 7.69. The van der Waals surface area contributed by atoms with Crippen LogP contribution in [0.5, 0.6) is 11.5 Å². The van der Waals surface area contributed by atoms with Crippen LogP contribution < -0.4 is 14.8 Å². The number of anilines is 1. The van der Waals surface area contributed by atoms with Gasteiger partial charge in [-0.15, -0.1) is 0 Å². The molecule has 1 aromatic carbocycles. The number of benzene rings is 1. The van der Waals surface area contributed by atoms with E-state index in [9.17, 15) is 9.59 Å². The zero-order valence-corrected chi connectivity index (χ0v) is 15.9. The van der Waals surface area contributed by atoms with Crippen LogP contribution in [-0.2, 0) is 20.9 Å². The number of aromatic nitrogens is 2. The molecule has 1 amide bonds. The number of amides is 1. The van der Waals surface area contributed by atoms with Crippen LogP contribution in [0.15, 0.2) is 18.2 Å². The van der Waals surface area contributed by atoms with Gasteiger partial charge in [0.15, 0.2) is 11.5 Å². The van der Waals surface area contributed by atoms with E-state index in [1.54, 1.807) is 21.1 Å². The highest BCUT2D eigenvalue weighted by atomic mass is 16.5. The highest BCUT2D eigenvalue weighted by Crippen LogP contribution is 2.45. The maximum absolute atomic E-state index is 12.4. The highest BCUT2D eigenvalue weighted by molar-refractivity contribution is 5.95. The number of fused-ring (bicyclic) bond motifs is 1. The van der Waals surface area contributed by atoms with E-state index in [4.69, 9.17) is 14.2 Å². The Morgan fingerprint density at radius 1 is 1.33 bits per heavy atom. The average molecular weight is 373 g/mol. The average Bonchev–Trinajstić information content (AvgIpc) is 2.95. The molecule has 3 rings (SSSR count). The van der Waals surface area contributed by atoms with Crippen LogP contribution in [0.1, 0.15) is 36.1 Å². The van der Waals surface area contributed by atoms with Crippen molar-refractivity contribution in [3.05, 3.63) is 35.0 Å². The molecule has 0 saturated carbocycles. The van der Waals surface area contributed by atoms with Crippen LogP contribution in [0.4, 0.5) is 5.82 Å². The first kappa shape index (κ1) is 18.8. The fourth-order valence-corrected chi connectivity index (χ4v) is 3.51. The second-order valence-corrected chi connectivity index (χ2v) is 6.20. The summed E-state index contributed by atoms with van der Waals surface area (Å²) in [7, 11) is 3.14. The van der Waals surface area contributed by atoms with Crippen LogP contribution in [0.2, 0.25) is 0 Å². The molecule has 0 fully saturated rings. The molecule has 1 aliphatic rings. The Hall–Kier alpha value is -3.03. The van der Waals surface area contributed by atoms with Gasteiger partial charge in [-0.1, -0.05) is 12.1 Å². The van der Waals surface area contributed by atoms with Gasteiger partial charge in [0.05, 0.1) is 26.5 Å². The van der Waals surface area contributed by atoms with E-state index in [1.807, 2.05) is 25.1 Å². The summed E-state index contributed by atoms with van der Waals surface area (Å²) in [6, 6.07) is 5.58. The Labute approximate surface area is 157 Å². The fourth-order valence-electron chi connectivity index (χ4n) is 3.51. The molecule has 2 heterocycles. The highest BCUT2D eigenvalue weighted by Gasteiger charge is 2.34. The molecule has 0 saturated heterocycles. The Kier molecular flexibility index (Phi) is 5.34. The van der Waals surface area contributed by atoms with Crippen LogP contribution in [0.3, 0.4) is 0 Å². The molecule has 0 aliphatic carbocycles. The third-order valence-corrected chi connectivity index (χ3v) is 4.56. The van der Waals surface area contributed by atoms with Gasteiger partial charge in [0.2, 0.25) is 5.91 Å². The van der Waals surface area contributed by atoms with Gasteiger partial charge in [0.25, 0.3) is 0 Å². The number of nitrogens with zero attached hydrogens (tertiary/aromatic N) is 2. The number of nitrogens with one attached hydrogen (secondary N) is 1. The molecule has 0 unspecified atom stereocenters. The van der Waals surface area contributed by atoms with Crippen molar-refractivity contribution in [1.82, 2.24) is 9.78 Å². The van der Waals surface area contributed by atoms with E-state index < -0.39 is 5.97 Å². The second-order valence-electron chi connectivity index (χ2n) is 6.20. The molecule has 27 heavy (non-hydrogen) atoms. The summed E-state index contributed by atoms with van der Waals surface area (Å²) in [6.07, 6.45) is 0.252. The lowest BCUT2D eigenvalue weighted by Crippen LogP contribution is -2.26. The third-order valence-electron chi connectivity index (χ3n) is 4.56. The Morgan fingerprint density at radius 3 is 2.78 bits per heavy atom. The van der Waals surface area contributed by atoms with Crippen molar-refractivity contribution in [2.75, 3.05) is 26.1 Å². The van der Waals surface area contributed by atoms with Crippen LogP contribution >= 0.6 is 0 Å². The van der Waals surface area contributed by atoms with E-state index in [2.05, 4.69) is 10.4 Å². The largest absolute Gasteiger partial charge is 0.493 e. The van der Waals surface area contributed by atoms with E-state index >= 15 is 0 Å². The number of hydrogen-bond acceptors (Lipinski definition) is 6. The molecule has 2 aromatic rings. The molecular formula is C19H23N3O5. The van der Waals surface area contributed by atoms with Gasteiger partial charge in [-0.05, 0) is 19.9 Å². The van der Waals surface area contributed by atoms with E-state index in [-0.39, 0.29) is 31.4 Å². The summed E-state index contributed by atoms with van der Waals surface area (Å²) in [4.78, 5) is 24.3. The van der Waals surface area contributed by atoms with Gasteiger partial charge in [-0.2, -0.15) is 5.10 Å². The summed E-state index contributed by atoms with van der Waals surface area (Å²) in [5.41, 5.74) is 2.45. The fraction of sp³-hybridized carbons (Fsp3) is 0.421. The zero-order chi connectivity index (χ0) is 19.6. The standard InChI is InChI=1S/C19H23N3O5/c1-5-27-16(24)10-22-19-17(11(2)21-22)13(9-15(23)20-19)12-7-6-8-14(25-3)18(12)26-4/h6-8,13H,5,9-10H2,1-4H3,(H,20,23)/t13-/m1/s1. The number of methoxy groups -OCH3 is 2. The van der Waals surface area contributed by atoms with Gasteiger partial charge < -0.3 is 19.5 Å². The normalized spacial score (nSPS) is 15.7. The van der Waals surface area contributed by atoms with Crippen LogP contribution in [-0.4, -0.2) is 42.5 Å². The number of rotatable bonds is 6. The molecule has 8 nitrogen and oxygen atoms in total. The molecular weight excluding hydrogens is 350 g/mol. The first-order valence-electron chi connectivity index (χ1n) is 8.73. The number of carbonyl (C=O) groups excluding carboxylic acids is 2. The minimum atomic E-state index is -0.405. The minimum Gasteiger partial charge on any atom is -0.493 e. The summed E-state index contributed by atoms with van der Waals surface area (Å²) in [5.74, 6) is 0.893. The first-order chi connectivity index (χ1) is 13.0. The van der Waals surface area contributed by atoms with Gasteiger partial charge in [0.1, 0.15) is 12.4 Å². The van der Waals surface area contributed by atoms with Gasteiger partial charge in [0, 0.05) is 23.5 Å². The molecule has 0 spiro atoms. The number of ether oxygens (including phenoxy) is 3. The molecule has 1 N–H and O–H groups in total. The number of esters is 1. The van der Waals surface area contributed by atoms with E-state index in [1.165, 1.54) is 4.68 Å². The predicted octanol–water partition coefficient (Wildman–Crippen LogP) is 2.25. The van der Waals surface area contributed by atoms with Crippen LogP contribution in [0.25, 0.3) is 0 Å². The van der Waals surface area contributed by atoms with Crippen molar-refractivity contribution in [1.29, 1.82) is 0 Å². The van der Waals surface area contributed by atoms with E-state index in [0.717, 1.165) is 16.8 Å². The Morgan fingerprint density at radius 2 is 2.11 bits per heavy atom. The molecule has 144 valence electrons. The molecule has 1 atom stereocenters. The summed E-state index contributed by atoms with van der Waals surface area (Å²) >= 11 is 0. The molecule has 8 heteroatoms. The molecule has 0 bridgehead atoms. The van der Waals surface area contributed by atoms with Gasteiger partial charge in [-0.3, -0.25) is 9.59 Å². The number of hydrogen-bond donors (Lipinski definition) is 1. The molecule has 1 aromatic heterocycles. The molecule has 1 aliphatic heterocycles. The number of aryl methyl sites for hydroxylation is 1. The van der Waals surface area contributed by atoms with E-state index in [0.29, 0.717) is 17.3 Å². The first-order valence-corrected chi connectivity index (χ1v) is 8.73. The minimum absolute atomic E-state index is 0.0632. The zero-order valence-electron chi connectivity index (χ0n) is 15.9. The van der Waals surface area contributed by atoms with Crippen LogP contribution in [0, 0.1) is 6.92 Å².